The predicted octanol–water partition coefficient (Wildman–Crippen LogP) is 4.91. The van der Waals surface area contributed by atoms with Gasteiger partial charge < -0.3 is 9.67 Å². The summed E-state index contributed by atoms with van der Waals surface area (Å²) in [4.78, 5) is 16.6. The van der Waals surface area contributed by atoms with Gasteiger partial charge in [0.2, 0.25) is 0 Å². The number of rotatable bonds is 5. The molecular formula is C27H24N2O2. The second-order valence-corrected chi connectivity index (χ2v) is 8.09. The molecule has 4 heteroatoms. The van der Waals surface area contributed by atoms with Crippen LogP contribution >= 0.6 is 0 Å². The quantitative estimate of drug-likeness (QED) is 0.477. The predicted molar refractivity (Wildman–Crippen MR) is 120 cm³/mol. The highest BCUT2D eigenvalue weighted by molar-refractivity contribution is 5.71. The summed E-state index contributed by atoms with van der Waals surface area (Å²) in [5, 5.41) is 9.72. The lowest BCUT2D eigenvalue weighted by Gasteiger charge is -2.39. The van der Waals surface area contributed by atoms with Crippen molar-refractivity contribution in [1.29, 1.82) is 0 Å². The molecule has 0 saturated carbocycles. The van der Waals surface area contributed by atoms with Gasteiger partial charge >= 0.3 is 5.97 Å². The number of carbonyl (C=O) groups is 1. The Morgan fingerprint density at radius 2 is 1.32 bits per heavy atom. The molecule has 1 N–H and O–H groups in total. The fourth-order valence-electron chi connectivity index (χ4n) is 4.94. The van der Waals surface area contributed by atoms with Crippen LogP contribution in [0.2, 0.25) is 0 Å². The Balaban J connectivity index is 1.85. The lowest BCUT2D eigenvalue weighted by atomic mass is 9.76. The Morgan fingerprint density at radius 3 is 1.77 bits per heavy atom. The number of hydrogen-bond donors (Lipinski definition) is 1. The number of aromatic nitrogens is 2. The van der Waals surface area contributed by atoms with Crippen LogP contribution in [0.15, 0.2) is 97.3 Å². The van der Waals surface area contributed by atoms with Crippen LogP contribution in [0.3, 0.4) is 0 Å². The zero-order chi connectivity index (χ0) is 21.3. The van der Waals surface area contributed by atoms with Crippen LogP contribution in [0.25, 0.3) is 0 Å². The van der Waals surface area contributed by atoms with E-state index in [-0.39, 0.29) is 5.92 Å². The van der Waals surface area contributed by atoms with Crippen molar-refractivity contribution in [3.63, 3.8) is 0 Å². The molecule has 1 aliphatic rings. The van der Waals surface area contributed by atoms with E-state index in [2.05, 4.69) is 77.4 Å². The van der Waals surface area contributed by atoms with Crippen molar-refractivity contribution in [2.45, 2.75) is 24.8 Å². The van der Waals surface area contributed by atoms with Crippen LogP contribution in [0.1, 0.15) is 34.5 Å². The molecule has 0 fully saturated rings. The first-order valence-corrected chi connectivity index (χ1v) is 10.7. The van der Waals surface area contributed by atoms with Crippen molar-refractivity contribution in [1.82, 2.24) is 9.55 Å². The topological polar surface area (TPSA) is 55.1 Å². The number of carboxylic acids is 1. The second kappa shape index (κ2) is 7.88. The maximum atomic E-state index is 11.8. The fourth-order valence-corrected chi connectivity index (χ4v) is 4.94. The summed E-state index contributed by atoms with van der Waals surface area (Å²) in [5.74, 6) is -1.12. The lowest BCUT2D eigenvalue weighted by Crippen LogP contribution is -2.39. The highest BCUT2D eigenvalue weighted by Crippen LogP contribution is 2.43. The third kappa shape index (κ3) is 3.15. The van der Waals surface area contributed by atoms with Gasteiger partial charge in [0.05, 0.1) is 17.9 Å². The number of aryl methyl sites for hydroxylation is 1. The first-order valence-electron chi connectivity index (χ1n) is 10.7. The number of benzene rings is 3. The van der Waals surface area contributed by atoms with Crippen LogP contribution in [-0.4, -0.2) is 20.6 Å². The highest BCUT2D eigenvalue weighted by atomic mass is 16.4. The second-order valence-electron chi connectivity index (χ2n) is 8.09. The highest BCUT2D eigenvalue weighted by Gasteiger charge is 2.41. The molecule has 0 amide bonds. The summed E-state index contributed by atoms with van der Waals surface area (Å²) in [6, 6.07) is 31.3. The van der Waals surface area contributed by atoms with E-state index < -0.39 is 11.5 Å². The first kappa shape index (κ1) is 19.3. The average Bonchev–Trinajstić information content (AvgIpc) is 3.25. The van der Waals surface area contributed by atoms with Gasteiger partial charge in [0, 0.05) is 12.1 Å². The van der Waals surface area contributed by atoms with Gasteiger partial charge in [0.15, 0.2) is 0 Å². The third-order valence-electron chi connectivity index (χ3n) is 6.41. The SMILES string of the molecule is O=C(O)C1CCc2ncn(C(c3ccccc3)(c3ccccc3)c3ccccc3)c2C1. The molecule has 1 heterocycles. The van der Waals surface area contributed by atoms with Crippen LogP contribution in [0.4, 0.5) is 0 Å². The molecule has 31 heavy (non-hydrogen) atoms. The average molecular weight is 409 g/mol. The zero-order valence-electron chi connectivity index (χ0n) is 17.2. The van der Waals surface area contributed by atoms with Gasteiger partial charge in [-0.2, -0.15) is 0 Å². The van der Waals surface area contributed by atoms with Crippen LogP contribution in [0, 0.1) is 5.92 Å². The fraction of sp³-hybridized carbons (Fsp3) is 0.185. The van der Waals surface area contributed by atoms with Gasteiger partial charge in [-0.05, 0) is 29.5 Å². The van der Waals surface area contributed by atoms with Crippen molar-refractivity contribution < 1.29 is 9.90 Å². The van der Waals surface area contributed by atoms with E-state index in [4.69, 9.17) is 4.98 Å². The molecule has 0 saturated heterocycles. The molecule has 1 aliphatic carbocycles. The summed E-state index contributed by atoms with van der Waals surface area (Å²) in [6.45, 7) is 0. The minimum Gasteiger partial charge on any atom is -0.481 e. The van der Waals surface area contributed by atoms with Crippen molar-refractivity contribution in [2.24, 2.45) is 5.92 Å². The number of nitrogens with zero attached hydrogens (tertiary/aromatic N) is 2. The van der Waals surface area contributed by atoms with Gasteiger partial charge in [-0.3, -0.25) is 4.79 Å². The van der Waals surface area contributed by atoms with E-state index >= 15 is 0 Å². The summed E-state index contributed by atoms with van der Waals surface area (Å²) in [7, 11) is 0. The summed E-state index contributed by atoms with van der Waals surface area (Å²) in [5.41, 5.74) is 4.71. The van der Waals surface area contributed by atoms with Crippen LogP contribution in [-0.2, 0) is 23.2 Å². The monoisotopic (exact) mass is 408 g/mol. The van der Waals surface area contributed by atoms with E-state index in [1.807, 2.05) is 24.5 Å². The van der Waals surface area contributed by atoms with Crippen molar-refractivity contribution in [3.05, 3.63) is 125 Å². The largest absolute Gasteiger partial charge is 0.481 e. The molecule has 0 spiro atoms. The van der Waals surface area contributed by atoms with E-state index in [1.54, 1.807) is 0 Å². The molecular weight excluding hydrogens is 384 g/mol. The molecule has 4 nitrogen and oxygen atoms in total. The standard InChI is InChI=1S/C27H24N2O2/c30-26(31)20-16-17-24-25(18-20)29(19-28-24)27(21-10-4-1-5-11-21,22-12-6-2-7-13-22)23-14-8-3-9-15-23/h1-15,19-20H,16-18H2,(H,30,31). The maximum absolute atomic E-state index is 11.8. The van der Waals surface area contributed by atoms with Crippen LogP contribution in [0.5, 0.6) is 0 Å². The first-order chi connectivity index (χ1) is 15.2. The van der Waals surface area contributed by atoms with Gasteiger partial charge in [0.25, 0.3) is 0 Å². The van der Waals surface area contributed by atoms with E-state index in [0.29, 0.717) is 19.3 Å². The van der Waals surface area contributed by atoms with Gasteiger partial charge in [0.1, 0.15) is 5.54 Å². The Kier molecular flexibility index (Phi) is 4.91. The van der Waals surface area contributed by atoms with E-state index in [1.165, 1.54) is 0 Å². The Labute approximate surface area is 181 Å². The molecule has 1 atom stereocenters. The molecule has 5 rings (SSSR count). The minimum atomic E-state index is -0.733. The zero-order valence-corrected chi connectivity index (χ0v) is 17.2. The van der Waals surface area contributed by atoms with Gasteiger partial charge in [-0.1, -0.05) is 91.0 Å². The number of hydrogen-bond acceptors (Lipinski definition) is 2. The van der Waals surface area contributed by atoms with E-state index in [9.17, 15) is 9.90 Å². The third-order valence-corrected chi connectivity index (χ3v) is 6.41. The van der Waals surface area contributed by atoms with Crippen molar-refractivity contribution in [2.75, 3.05) is 0 Å². The maximum Gasteiger partial charge on any atom is 0.306 e. The number of imidazole rings is 1. The molecule has 0 radical (unpaired) electrons. The van der Waals surface area contributed by atoms with Crippen molar-refractivity contribution >= 4 is 5.97 Å². The normalized spacial score (nSPS) is 15.9. The Morgan fingerprint density at radius 1 is 0.839 bits per heavy atom. The van der Waals surface area contributed by atoms with Gasteiger partial charge in [-0.25, -0.2) is 4.98 Å². The number of aliphatic carboxylic acids is 1. The minimum absolute atomic E-state index is 0.386. The smallest absolute Gasteiger partial charge is 0.306 e. The molecule has 3 aromatic carbocycles. The summed E-state index contributed by atoms with van der Waals surface area (Å²) < 4.78 is 2.22. The van der Waals surface area contributed by atoms with Crippen molar-refractivity contribution in [3.8, 4) is 0 Å². The molecule has 154 valence electrons. The molecule has 0 bridgehead atoms. The Hall–Kier alpha value is -3.66. The summed E-state index contributed by atoms with van der Waals surface area (Å²) in [6.07, 6.45) is 3.71. The summed E-state index contributed by atoms with van der Waals surface area (Å²) >= 11 is 0. The number of carboxylic acid groups (broad SMARTS) is 1. The molecule has 4 aromatic rings. The lowest BCUT2D eigenvalue weighted by molar-refractivity contribution is -0.142. The Bertz CT molecular complexity index is 1090. The number of fused-ring (bicyclic) bond motifs is 1. The van der Waals surface area contributed by atoms with E-state index in [0.717, 1.165) is 28.1 Å². The van der Waals surface area contributed by atoms with Crippen LogP contribution < -0.4 is 0 Å². The molecule has 0 aliphatic heterocycles. The van der Waals surface area contributed by atoms with Gasteiger partial charge in [-0.15, -0.1) is 0 Å². The molecule has 1 unspecified atom stereocenters. The molecule has 1 aromatic heterocycles.